The fourth-order valence-corrected chi connectivity index (χ4v) is 2.27. The molecular weight excluding hydrogens is 439 g/mol. The average molecular weight is 469 g/mol. The van der Waals surface area contributed by atoms with E-state index in [9.17, 15) is 0 Å². The van der Waals surface area contributed by atoms with Gasteiger partial charge in [0, 0.05) is 24.7 Å². The monoisotopic (exact) mass is 468 g/mol. The number of benzene rings is 1. The first kappa shape index (κ1) is 23.3. The highest BCUT2D eigenvalue weighted by molar-refractivity contribution is 14.0. The number of rotatable bonds is 9. The summed E-state index contributed by atoms with van der Waals surface area (Å²) in [5.74, 6) is 1.63. The summed E-state index contributed by atoms with van der Waals surface area (Å²) in [5.41, 5.74) is 1.10. The molecule has 5 nitrogen and oxygen atoms in total. The molecule has 2 N–H and O–H groups in total. The lowest BCUT2D eigenvalue weighted by atomic mass is 10.1. The van der Waals surface area contributed by atoms with Gasteiger partial charge in [-0.3, -0.25) is 4.99 Å². The second kappa shape index (κ2) is 13.5. The fourth-order valence-electron chi connectivity index (χ4n) is 2.01. The molecule has 0 saturated carbocycles. The van der Waals surface area contributed by atoms with Crippen LogP contribution in [0.2, 0.25) is 5.02 Å². The summed E-state index contributed by atoms with van der Waals surface area (Å²) in [4.78, 5) is 6.82. The van der Waals surface area contributed by atoms with Crippen LogP contribution in [0.15, 0.2) is 23.2 Å². The van der Waals surface area contributed by atoms with Crippen LogP contribution in [0.25, 0.3) is 0 Å². The highest BCUT2D eigenvalue weighted by atomic mass is 127. The summed E-state index contributed by atoms with van der Waals surface area (Å²) in [5, 5.41) is 7.34. The van der Waals surface area contributed by atoms with Crippen LogP contribution in [-0.4, -0.2) is 57.7 Å². The topological polar surface area (TPSA) is 48.9 Å². The Hall–Kier alpha value is -0.730. The maximum Gasteiger partial charge on any atom is 0.191 e. The zero-order chi connectivity index (χ0) is 17.1. The summed E-state index contributed by atoms with van der Waals surface area (Å²) in [6, 6.07) is 5.78. The van der Waals surface area contributed by atoms with Crippen molar-refractivity contribution < 1.29 is 4.74 Å². The molecule has 0 aliphatic carbocycles. The Balaban J connectivity index is 0.00000529. The third-order valence-corrected chi connectivity index (χ3v) is 3.93. The van der Waals surface area contributed by atoms with Crippen LogP contribution >= 0.6 is 35.6 Å². The molecule has 0 spiro atoms. The highest BCUT2D eigenvalue weighted by Gasteiger charge is 2.03. The van der Waals surface area contributed by atoms with Gasteiger partial charge in [-0.2, -0.15) is 0 Å². The van der Waals surface area contributed by atoms with Gasteiger partial charge in [-0.15, -0.1) is 24.0 Å². The molecule has 7 heteroatoms. The minimum absolute atomic E-state index is 0. The van der Waals surface area contributed by atoms with Gasteiger partial charge in [-0.25, -0.2) is 0 Å². The molecule has 1 aromatic carbocycles. The minimum Gasteiger partial charge on any atom is -0.497 e. The summed E-state index contributed by atoms with van der Waals surface area (Å²) in [7, 11) is 3.74. The molecule has 0 unspecified atom stereocenters. The highest BCUT2D eigenvalue weighted by Crippen LogP contribution is 2.22. The molecule has 0 bridgehead atoms. The first-order chi connectivity index (χ1) is 11.1. The van der Waals surface area contributed by atoms with E-state index in [0.717, 1.165) is 61.4 Å². The smallest absolute Gasteiger partial charge is 0.191 e. The van der Waals surface area contributed by atoms with Gasteiger partial charge in [0.2, 0.25) is 0 Å². The van der Waals surface area contributed by atoms with Crippen LogP contribution in [0.4, 0.5) is 0 Å². The van der Waals surface area contributed by atoms with Crippen LogP contribution in [0.3, 0.4) is 0 Å². The van der Waals surface area contributed by atoms with Crippen LogP contribution in [0.1, 0.15) is 19.4 Å². The van der Waals surface area contributed by atoms with E-state index < -0.39 is 0 Å². The van der Waals surface area contributed by atoms with E-state index in [1.165, 1.54) is 0 Å². The quantitative estimate of drug-likeness (QED) is 0.332. The zero-order valence-electron chi connectivity index (χ0n) is 15.1. The van der Waals surface area contributed by atoms with Gasteiger partial charge < -0.3 is 20.3 Å². The van der Waals surface area contributed by atoms with Crippen LogP contribution in [-0.2, 0) is 6.42 Å². The number of methoxy groups -OCH3 is 1. The van der Waals surface area contributed by atoms with Gasteiger partial charge in [-0.05, 0) is 44.6 Å². The van der Waals surface area contributed by atoms with E-state index in [2.05, 4.69) is 41.4 Å². The second-order valence-corrected chi connectivity index (χ2v) is 5.70. The maximum atomic E-state index is 6.26. The van der Waals surface area contributed by atoms with Crippen molar-refractivity contribution in [1.82, 2.24) is 15.5 Å². The summed E-state index contributed by atoms with van der Waals surface area (Å²) < 4.78 is 5.16. The van der Waals surface area contributed by atoms with Gasteiger partial charge in [0.15, 0.2) is 5.96 Å². The Bertz CT molecular complexity index is 499. The predicted molar refractivity (Wildman–Crippen MR) is 114 cm³/mol. The van der Waals surface area contributed by atoms with Gasteiger partial charge in [0.1, 0.15) is 5.75 Å². The lowest BCUT2D eigenvalue weighted by molar-refractivity contribution is 0.363. The largest absolute Gasteiger partial charge is 0.497 e. The first-order valence-corrected chi connectivity index (χ1v) is 8.51. The second-order valence-electron chi connectivity index (χ2n) is 5.29. The zero-order valence-corrected chi connectivity index (χ0v) is 18.1. The molecule has 0 radical (unpaired) electrons. The van der Waals surface area contributed by atoms with Gasteiger partial charge in [-0.1, -0.05) is 24.6 Å². The Labute approximate surface area is 168 Å². The van der Waals surface area contributed by atoms with E-state index in [-0.39, 0.29) is 24.0 Å². The van der Waals surface area contributed by atoms with Crippen molar-refractivity contribution >= 4 is 41.5 Å². The molecule has 138 valence electrons. The molecule has 0 aliphatic rings. The van der Waals surface area contributed by atoms with Crippen molar-refractivity contribution in [1.29, 1.82) is 0 Å². The van der Waals surface area contributed by atoms with Crippen molar-refractivity contribution in [2.75, 3.05) is 46.9 Å². The Morgan fingerprint density at radius 1 is 1.29 bits per heavy atom. The van der Waals surface area contributed by atoms with E-state index >= 15 is 0 Å². The molecule has 0 aliphatic heterocycles. The molecule has 0 saturated heterocycles. The van der Waals surface area contributed by atoms with Crippen molar-refractivity contribution in [3.8, 4) is 5.75 Å². The third-order valence-electron chi connectivity index (χ3n) is 3.58. The van der Waals surface area contributed by atoms with Crippen molar-refractivity contribution in [3.63, 3.8) is 0 Å². The summed E-state index contributed by atoms with van der Waals surface area (Å²) >= 11 is 6.26. The number of likely N-dealkylation sites (N-methyl/N-ethyl adjacent to an activating group) is 1. The van der Waals surface area contributed by atoms with Crippen LogP contribution < -0.4 is 15.4 Å². The van der Waals surface area contributed by atoms with E-state index in [4.69, 9.17) is 16.3 Å². The molecular formula is C17H30ClIN4O. The molecule has 24 heavy (non-hydrogen) atoms. The molecule has 0 heterocycles. The lowest BCUT2D eigenvalue weighted by Crippen LogP contribution is -2.39. The number of guanidine groups is 1. The van der Waals surface area contributed by atoms with Crippen LogP contribution in [0, 0.1) is 0 Å². The Kier molecular flexibility index (Phi) is 13.1. The molecule has 0 fully saturated rings. The van der Waals surface area contributed by atoms with E-state index in [0.29, 0.717) is 0 Å². The fraction of sp³-hybridized carbons (Fsp3) is 0.588. The molecule has 1 aromatic rings. The summed E-state index contributed by atoms with van der Waals surface area (Å²) in [6.07, 6.45) is 0.835. The van der Waals surface area contributed by atoms with E-state index in [1.807, 2.05) is 18.2 Å². The summed E-state index contributed by atoms with van der Waals surface area (Å²) in [6.45, 7) is 8.61. The number of nitrogens with one attached hydrogen (secondary N) is 2. The average Bonchev–Trinajstić information content (AvgIpc) is 2.55. The van der Waals surface area contributed by atoms with Crippen molar-refractivity contribution in [2.24, 2.45) is 4.99 Å². The van der Waals surface area contributed by atoms with E-state index in [1.54, 1.807) is 7.11 Å². The SMILES string of the molecule is CCNC(=NCCN(C)CC)NCCc1ccc(OC)cc1Cl.I. The normalized spacial score (nSPS) is 11.2. The molecule has 0 aromatic heterocycles. The Morgan fingerprint density at radius 2 is 2.04 bits per heavy atom. The van der Waals surface area contributed by atoms with Crippen LogP contribution in [0.5, 0.6) is 5.75 Å². The number of hydrogen-bond acceptors (Lipinski definition) is 3. The minimum atomic E-state index is 0. The first-order valence-electron chi connectivity index (χ1n) is 8.13. The lowest BCUT2D eigenvalue weighted by Gasteiger charge is -2.14. The maximum absolute atomic E-state index is 6.26. The predicted octanol–water partition coefficient (Wildman–Crippen LogP) is 3.02. The van der Waals surface area contributed by atoms with Gasteiger partial charge in [0.25, 0.3) is 0 Å². The number of hydrogen-bond donors (Lipinski definition) is 2. The van der Waals surface area contributed by atoms with Crippen molar-refractivity contribution in [2.45, 2.75) is 20.3 Å². The number of aliphatic imine (C=N–C) groups is 1. The van der Waals surface area contributed by atoms with Gasteiger partial charge in [0.05, 0.1) is 13.7 Å². The van der Waals surface area contributed by atoms with Crippen molar-refractivity contribution in [3.05, 3.63) is 28.8 Å². The molecule has 1 rings (SSSR count). The third kappa shape index (κ3) is 8.94. The standard InChI is InChI=1S/C17H29ClN4O.HI/c1-5-19-17(21-11-12-22(3)6-2)20-10-9-14-7-8-15(23-4)13-16(14)18;/h7-8,13H,5-6,9-12H2,1-4H3,(H2,19,20,21);1H. The number of nitrogens with zero attached hydrogens (tertiary/aromatic N) is 2. The van der Waals surface area contributed by atoms with Gasteiger partial charge >= 0.3 is 0 Å². The molecule has 0 amide bonds. The number of ether oxygens (including phenoxy) is 1. The Morgan fingerprint density at radius 3 is 2.62 bits per heavy atom. The number of halogens is 2. The molecule has 0 atom stereocenters.